The van der Waals surface area contributed by atoms with Crippen molar-refractivity contribution in [1.29, 1.82) is 0 Å². The van der Waals surface area contributed by atoms with Crippen molar-refractivity contribution in [3.63, 3.8) is 0 Å². The summed E-state index contributed by atoms with van der Waals surface area (Å²) in [5.74, 6) is 0.686. The maximum absolute atomic E-state index is 6.50. The fourth-order valence-corrected chi connectivity index (χ4v) is 8.90. The van der Waals surface area contributed by atoms with Gasteiger partial charge in [-0.15, -0.1) is 0 Å². The van der Waals surface area contributed by atoms with Crippen LogP contribution >= 0.6 is 0 Å². The summed E-state index contributed by atoms with van der Waals surface area (Å²) in [6.07, 6.45) is 13.4. The van der Waals surface area contributed by atoms with Gasteiger partial charge in [0.25, 0.3) is 0 Å². The minimum atomic E-state index is -2.21. The first kappa shape index (κ1) is 25.1. The van der Waals surface area contributed by atoms with Gasteiger partial charge in [0, 0.05) is 18.3 Å². The summed E-state index contributed by atoms with van der Waals surface area (Å²) in [5, 5.41) is 0.170. The molecule has 0 amide bonds. The summed E-state index contributed by atoms with van der Waals surface area (Å²) in [6, 6.07) is 1.16. The molecule has 0 saturated carbocycles. The van der Waals surface area contributed by atoms with E-state index in [2.05, 4.69) is 48.5 Å². The second kappa shape index (κ2) is 14.2. The molecule has 0 saturated heterocycles. The van der Waals surface area contributed by atoms with Crippen molar-refractivity contribution in [3.8, 4) is 0 Å². The molecule has 152 valence electrons. The predicted octanol–water partition coefficient (Wildman–Crippen LogP) is 7.86. The molecule has 0 aromatic heterocycles. The van der Waals surface area contributed by atoms with E-state index in [9.17, 15) is 0 Å². The van der Waals surface area contributed by atoms with Crippen LogP contribution in [0.3, 0.4) is 0 Å². The monoisotopic (exact) mass is 372 g/mol. The molecule has 0 aromatic carbocycles. The van der Waals surface area contributed by atoms with Crippen LogP contribution in [0.25, 0.3) is 0 Å². The number of hydrogen-bond acceptors (Lipinski definition) is 2. The molecule has 0 aliphatic heterocycles. The third kappa shape index (κ3) is 8.13. The second-order valence-corrected chi connectivity index (χ2v) is 12.0. The van der Waals surface area contributed by atoms with Crippen LogP contribution in [-0.2, 0) is 8.85 Å². The topological polar surface area (TPSA) is 18.5 Å². The fourth-order valence-electron chi connectivity index (χ4n) is 4.46. The second-order valence-electron chi connectivity index (χ2n) is 8.08. The molecule has 0 aliphatic carbocycles. The lowest BCUT2D eigenvalue weighted by Crippen LogP contribution is -2.54. The number of rotatable bonds is 17. The molecule has 0 unspecified atom stereocenters. The van der Waals surface area contributed by atoms with Gasteiger partial charge in [-0.2, -0.15) is 0 Å². The van der Waals surface area contributed by atoms with Crippen molar-refractivity contribution in [3.05, 3.63) is 0 Å². The Kier molecular flexibility index (Phi) is 14.3. The van der Waals surface area contributed by atoms with Crippen LogP contribution in [-0.4, -0.2) is 21.8 Å². The SMILES string of the molecule is CCCCCCCCCC[Si](OCC)(OCC)C(C)(C)C(CC)CC. The van der Waals surface area contributed by atoms with E-state index in [4.69, 9.17) is 8.85 Å². The standard InChI is InChI=1S/C22H48O2Si/c1-8-13-14-15-16-17-18-19-20-25(23-11-4,24-12-5)22(6,7)21(9-2)10-3/h21H,8-20H2,1-7H3. The van der Waals surface area contributed by atoms with E-state index in [0.717, 1.165) is 19.3 Å². The predicted molar refractivity (Wildman–Crippen MR) is 115 cm³/mol. The van der Waals surface area contributed by atoms with Gasteiger partial charge in [-0.25, -0.2) is 0 Å². The van der Waals surface area contributed by atoms with E-state index in [1.54, 1.807) is 0 Å². The minimum Gasteiger partial charge on any atom is -0.394 e. The normalized spacial score (nSPS) is 13.0. The highest BCUT2D eigenvalue weighted by Gasteiger charge is 2.54. The average Bonchev–Trinajstić information content (AvgIpc) is 2.58. The third-order valence-electron chi connectivity index (χ3n) is 6.10. The molecule has 0 bridgehead atoms. The van der Waals surface area contributed by atoms with Crippen molar-refractivity contribution in [1.82, 2.24) is 0 Å². The summed E-state index contributed by atoms with van der Waals surface area (Å²) in [7, 11) is -2.21. The lowest BCUT2D eigenvalue weighted by Gasteiger charge is -2.47. The lowest BCUT2D eigenvalue weighted by atomic mass is 9.90. The Morgan fingerprint density at radius 2 is 1.12 bits per heavy atom. The zero-order chi connectivity index (χ0) is 19.2. The first-order valence-electron chi connectivity index (χ1n) is 11.2. The molecular weight excluding hydrogens is 324 g/mol. The van der Waals surface area contributed by atoms with Crippen LogP contribution in [0.4, 0.5) is 0 Å². The Morgan fingerprint density at radius 1 is 0.680 bits per heavy atom. The van der Waals surface area contributed by atoms with Crippen molar-refractivity contribution in [2.24, 2.45) is 5.92 Å². The Hall–Kier alpha value is 0.137. The average molecular weight is 373 g/mol. The van der Waals surface area contributed by atoms with E-state index in [1.807, 2.05) is 0 Å². The van der Waals surface area contributed by atoms with Gasteiger partial charge in [0.05, 0.1) is 0 Å². The third-order valence-corrected chi connectivity index (χ3v) is 11.0. The van der Waals surface area contributed by atoms with Crippen LogP contribution in [0.15, 0.2) is 0 Å². The number of unbranched alkanes of at least 4 members (excludes halogenated alkanes) is 7. The lowest BCUT2D eigenvalue weighted by molar-refractivity contribution is 0.136. The highest BCUT2D eigenvalue weighted by atomic mass is 28.4. The largest absolute Gasteiger partial charge is 0.394 e. The van der Waals surface area contributed by atoms with E-state index in [0.29, 0.717) is 5.92 Å². The summed E-state index contributed by atoms with van der Waals surface area (Å²) in [5.41, 5.74) is 0. The summed E-state index contributed by atoms with van der Waals surface area (Å²) in [4.78, 5) is 0. The molecule has 0 N–H and O–H groups in total. The van der Waals surface area contributed by atoms with Crippen LogP contribution in [0, 0.1) is 5.92 Å². The van der Waals surface area contributed by atoms with Gasteiger partial charge in [-0.1, -0.05) is 98.8 Å². The van der Waals surface area contributed by atoms with Crippen LogP contribution in [0.5, 0.6) is 0 Å². The van der Waals surface area contributed by atoms with Gasteiger partial charge < -0.3 is 8.85 Å². The van der Waals surface area contributed by atoms with Crippen molar-refractivity contribution in [2.45, 2.75) is 124 Å². The zero-order valence-electron chi connectivity index (χ0n) is 18.6. The molecule has 0 heterocycles. The summed E-state index contributed by atoms with van der Waals surface area (Å²) in [6.45, 7) is 17.6. The van der Waals surface area contributed by atoms with E-state index < -0.39 is 8.56 Å². The van der Waals surface area contributed by atoms with Crippen LogP contribution in [0.1, 0.15) is 113 Å². The van der Waals surface area contributed by atoms with Gasteiger partial charge in [0.15, 0.2) is 0 Å². The first-order chi connectivity index (χ1) is 12.0. The minimum absolute atomic E-state index is 0.170. The summed E-state index contributed by atoms with van der Waals surface area (Å²) >= 11 is 0. The zero-order valence-corrected chi connectivity index (χ0v) is 19.6. The Balaban J connectivity index is 4.75. The maximum atomic E-state index is 6.50. The molecule has 0 atom stereocenters. The quantitative estimate of drug-likeness (QED) is 0.191. The highest BCUT2D eigenvalue weighted by molar-refractivity contribution is 6.70. The van der Waals surface area contributed by atoms with E-state index in [-0.39, 0.29) is 5.04 Å². The molecular formula is C22H48O2Si. The van der Waals surface area contributed by atoms with Crippen LogP contribution in [0.2, 0.25) is 11.1 Å². The number of hydrogen-bond donors (Lipinski definition) is 0. The van der Waals surface area contributed by atoms with E-state index in [1.165, 1.54) is 64.2 Å². The fraction of sp³-hybridized carbons (Fsp3) is 1.00. The van der Waals surface area contributed by atoms with Gasteiger partial charge >= 0.3 is 8.56 Å². The molecule has 0 aliphatic rings. The van der Waals surface area contributed by atoms with Gasteiger partial charge in [0.1, 0.15) is 0 Å². The van der Waals surface area contributed by atoms with Crippen molar-refractivity contribution >= 4 is 8.56 Å². The Bertz CT molecular complexity index is 294. The molecule has 25 heavy (non-hydrogen) atoms. The first-order valence-corrected chi connectivity index (χ1v) is 13.3. The maximum Gasteiger partial charge on any atom is 0.344 e. The molecule has 0 fully saturated rings. The van der Waals surface area contributed by atoms with Crippen LogP contribution < -0.4 is 0 Å². The molecule has 3 heteroatoms. The smallest absolute Gasteiger partial charge is 0.344 e. The summed E-state index contributed by atoms with van der Waals surface area (Å²) < 4.78 is 13.0. The van der Waals surface area contributed by atoms with Crippen molar-refractivity contribution < 1.29 is 8.85 Å². The Morgan fingerprint density at radius 3 is 1.52 bits per heavy atom. The molecule has 0 radical (unpaired) electrons. The highest BCUT2D eigenvalue weighted by Crippen LogP contribution is 2.50. The molecule has 0 aromatic rings. The molecule has 2 nitrogen and oxygen atoms in total. The van der Waals surface area contributed by atoms with E-state index >= 15 is 0 Å². The van der Waals surface area contributed by atoms with Gasteiger partial charge in [-0.05, 0) is 25.8 Å². The molecule has 0 spiro atoms. The van der Waals surface area contributed by atoms with Crippen molar-refractivity contribution in [2.75, 3.05) is 13.2 Å². The molecule has 0 rings (SSSR count). The van der Waals surface area contributed by atoms with Gasteiger partial charge in [-0.3, -0.25) is 0 Å². The van der Waals surface area contributed by atoms with Gasteiger partial charge in [0.2, 0.25) is 0 Å². The Labute approximate surface area is 160 Å².